The molecule has 1 fully saturated rings. The van der Waals surface area contributed by atoms with E-state index in [1.54, 1.807) is 23.1 Å². The molecule has 1 aliphatic rings. The number of nitrogens with one attached hydrogen (secondary N) is 2. The molecule has 1 saturated heterocycles. The second kappa shape index (κ2) is 9.05. The normalized spacial score (nSPS) is 14.4. The number of piperidine rings is 1. The Morgan fingerprint density at radius 3 is 2.50 bits per heavy atom. The summed E-state index contributed by atoms with van der Waals surface area (Å²) in [5.41, 5.74) is 2.17. The fourth-order valence-electron chi connectivity index (χ4n) is 2.69. The van der Waals surface area contributed by atoms with Gasteiger partial charge in [0.15, 0.2) is 0 Å². The van der Waals surface area contributed by atoms with Crippen LogP contribution in [0.4, 0.5) is 20.6 Å². The van der Waals surface area contributed by atoms with Crippen molar-refractivity contribution in [3.05, 3.63) is 24.0 Å². The lowest BCUT2D eigenvalue weighted by Gasteiger charge is -2.34. The second-order valence-electron chi connectivity index (χ2n) is 7.34. The van der Waals surface area contributed by atoms with Gasteiger partial charge in [0.1, 0.15) is 23.6 Å². The fourth-order valence-corrected chi connectivity index (χ4v) is 2.69. The molecule has 0 radical (unpaired) electrons. The van der Waals surface area contributed by atoms with E-state index in [2.05, 4.69) is 15.8 Å². The molecular weight excluding hydrogens is 363 g/mol. The number of ether oxygens (including phenoxy) is 1. The molecule has 0 atom stereocenters. The first kappa shape index (κ1) is 21.0. The van der Waals surface area contributed by atoms with E-state index in [4.69, 9.17) is 15.3 Å². The molecule has 8 nitrogen and oxygen atoms in total. The van der Waals surface area contributed by atoms with Crippen LogP contribution in [0.3, 0.4) is 0 Å². The van der Waals surface area contributed by atoms with E-state index >= 15 is 0 Å². The molecule has 148 valence electrons. The molecule has 1 aromatic rings. The maximum atomic E-state index is 14.3. The third-order valence-electron chi connectivity index (χ3n) is 4.01. The van der Waals surface area contributed by atoms with Crippen molar-refractivity contribution in [2.75, 3.05) is 23.8 Å². The topological polar surface area (TPSA) is 114 Å². The molecule has 2 N–H and O–H groups in total. The number of hydrazone groups is 1. The summed E-state index contributed by atoms with van der Waals surface area (Å²) in [7, 11) is 0. The molecule has 0 aliphatic carbocycles. The number of rotatable bonds is 4. The Morgan fingerprint density at radius 1 is 1.29 bits per heavy atom. The van der Waals surface area contributed by atoms with Gasteiger partial charge in [-0.25, -0.2) is 9.18 Å². The van der Waals surface area contributed by atoms with Gasteiger partial charge in [-0.2, -0.15) is 15.6 Å². The minimum atomic E-state index is -0.549. The lowest BCUT2D eigenvalue weighted by atomic mass is 10.0. The number of likely N-dealkylation sites (tertiary alicyclic amines) is 1. The van der Waals surface area contributed by atoms with Crippen molar-refractivity contribution in [2.24, 2.45) is 5.10 Å². The minimum Gasteiger partial charge on any atom is -0.444 e. The molecule has 0 spiro atoms. The predicted octanol–water partition coefficient (Wildman–Crippen LogP) is 3.45. The number of hydrogen-bond acceptors (Lipinski definition) is 7. The largest absolute Gasteiger partial charge is 0.444 e. The highest BCUT2D eigenvalue weighted by atomic mass is 19.1. The highest BCUT2D eigenvalue weighted by Crippen LogP contribution is 2.28. The maximum absolute atomic E-state index is 14.3. The molecule has 1 aromatic carbocycles. The fraction of sp³-hybridized carbons (Fsp3) is 0.474. The molecule has 9 heteroatoms. The number of nitrogens with zero attached hydrogens (tertiary/aromatic N) is 4. The molecule has 1 aliphatic heterocycles. The molecule has 0 bridgehead atoms. The maximum Gasteiger partial charge on any atom is 0.410 e. The summed E-state index contributed by atoms with van der Waals surface area (Å²) in [5, 5.41) is 24.3. The number of halogens is 1. The van der Waals surface area contributed by atoms with Crippen molar-refractivity contribution in [3.63, 3.8) is 0 Å². The van der Waals surface area contributed by atoms with E-state index in [-0.39, 0.29) is 23.5 Å². The van der Waals surface area contributed by atoms with Gasteiger partial charge < -0.3 is 15.0 Å². The number of amides is 1. The summed E-state index contributed by atoms with van der Waals surface area (Å²) in [5.74, 6) is -0.481. The quantitative estimate of drug-likeness (QED) is 0.605. The number of nitriles is 2. The summed E-state index contributed by atoms with van der Waals surface area (Å²) in [6.07, 6.45) is 0.893. The van der Waals surface area contributed by atoms with Crippen molar-refractivity contribution in [3.8, 4) is 12.1 Å². The number of benzene rings is 1. The van der Waals surface area contributed by atoms with E-state index in [1.165, 1.54) is 12.1 Å². The van der Waals surface area contributed by atoms with Gasteiger partial charge in [-0.15, -0.1) is 0 Å². The number of anilines is 2. The Hall–Kier alpha value is -3.33. The van der Waals surface area contributed by atoms with Crippen molar-refractivity contribution < 1.29 is 13.9 Å². The zero-order valence-electron chi connectivity index (χ0n) is 16.1. The van der Waals surface area contributed by atoms with Crippen LogP contribution >= 0.6 is 0 Å². The predicted molar refractivity (Wildman–Crippen MR) is 103 cm³/mol. The highest BCUT2D eigenvalue weighted by molar-refractivity contribution is 6.10. The van der Waals surface area contributed by atoms with Gasteiger partial charge in [-0.1, -0.05) is 6.07 Å². The molecule has 1 amide bonds. The Morgan fingerprint density at radius 2 is 1.93 bits per heavy atom. The first-order valence-electron chi connectivity index (χ1n) is 8.90. The zero-order chi connectivity index (χ0) is 20.7. The van der Waals surface area contributed by atoms with Crippen molar-refractivity contribution >= 4 is 23.2 Å². The third-order valence-corrected chi connectivity index (χ3v) is 4.01. The Kier molecular flexibility index (Phi) is 6.78. The minimum absolute atomic E-state index is 0.0495. The van der Waals surface area contributed by atoms with Gasteiger partial charge >= 0.3 is 6.09 Å². The standard InChI is InChI=1S/C19H23FN6O2/c1-19(2,3)28-18(27)26-9-7-13(8-10-26)23-17-15(20)5-4-6-16(17)25-24-14(11-21)12-22/h4-6,13,23,25H,7-10H2,1-3H3. The summed E-state index contributed by atoms with van der Waals surface area (Å²) in [6, 6.07) is 7.62. The second-order valence-corrected chi connectivity index (χ2v) is 7.34. The molecule has 0 aromatic heterocycles. The molecular formula is C19H23FN6O2. The van der Waals surface area contributed by atoms with Gasteiger partial charge in [0.2, 0.25) is 5.71 Å². The Labute approximate surface area is 163 Å². The summed E-state index contributed by atoms with van der Waals surface area (Å²) in [6.45, 7) is 6.44. The van der Waals surface area contributed by atoms with Crippen LogP contribution in [0.5, 0.6) is 0 Å². The van der Waals surface area contributed by atoms with Gasteiger partial charge in [0.05, 0.1) is 11.4 Å². The van der Waals surface area contributed by atoms with Crippen LogP contribution in [0, 0.1) is 28.5 Å². The van der Waals surface area contributed by atoms with Crippen LogP contribution in [-0.2, 0) is 4.74 Å². The highest BCUT2D eigenvalue weighted by Gasteiger charge is 2.27. The molecule has 1 heterocycles. The van der Waals surface area contributed by atoms with Crippen molar-refractivity contribution in [1.29, 1.82) is 10.5 Å². The van der Waals surface area contributed by atoms with Crippen LogP contribution in [0.25, 0.3) is 0 Å². The van der Waals surface area contributed by atoms with E-state index < -0.39 is 11.4 Å². The van der Waals surface area contributed by atoms with E-state index in [0.29, 0.717) is 31.6 Å². The third kappa shape index (κ3) is 5.85. The number of para-hydroxylation sites is 1. The lowest BCUT2D eigenvalue weighted by Crippen LogP contribution is -2.44. The molecule has 2 rings (SSSR count). The average Bonchev–Trinajstić information content (AvgIpc) is 2.64. The summed E-state index contributed by atoms with van der Waals surface area (Å²) < 4.78 is 19.7. The zero-order valence-corrected chi connectivity index (χ0v) is 16.1. The Balaban J connectivity index is 2.02. The van der Waals surface area contributed by atoms with Gasteiger partial charge in [0.25, 0.3) is 0 Å². The van der Waals surface area contributed by atoms with Crippen LogP contribution in [-0.4, -0.2) is 41.4 Å². The van der Waals surface area contributed by atoms with E-state index in [1.807, 2.05) is 20.8 Å². The van der Waals surface area contributed by atoms with Crippen LogP contribution in [0.2, 0.25) is 0 Å². The van der Waals surface area contributed by atoms with E-state index in [9.17, 15) is 9.18 Å². The van der Waals surface area contributed by atoms with Crippen LogP contribution < -0.4 is 10.7 Å². The van der Waals surface area contributed by atoms with Gasteiger partial charge in [-0.3, -0.25) is 5.43 Å². The Bertz CT molecular complexity index is 810. The van der Waals surface area contributed by atoms with Gasteiger partial charge in [-0.05, 0) is 45.7 Å². The number of hydrogen-bond donors (Lipinski definition) is 2. The van der Waals surface area contributed by atoms with Gasteiger partial charge in [0, 0.05) is 19.1 Å². The number of carbonyl (C=O) groups excluding carboxylic acids is 1. The van der Waals surface area contributed by atoms with Crippen LogP contribution in [0.15, 0.2) is 23.3 Å². The molecule has 0 saturated carbocycles. The first-order chi connectivity index (χ1) is 13.2. The number of carbonyl (C=O) groups is 1. The van der Waals surface area contributed by atoms with E-state index in [0.717, 1.165) is 0 Å². The smallest absolute Gasteiger partial charge is 0.410 e. The monoisotopic (exact) mass is 386 g/mol. The van der Waals surface area contributed by atoms with Crippen molar-refractivity contribution in [1.82, 2.24) is 4.90 Å². The average molecular weight is 386 g/mol. The molecule has 28 heavy (non-hydrogen) atoms. The lowest BCUT2D eigenvalue weighted by molar-refractivity contribution is 0.0210. The summed E-state index contributed by atoms with van der Waals surface area (Å²) >= 11 is 0. The first-order valence-corrected chi connectivity index (χ1v) is 8.90. The molecule has 0 unspecified atom stereocenters. The summed E-state index contributed by atoms with van der Waals surface area (Å²) in [4.78, 5) is 13.8. The SMILES string of the molecule is CC(C)(C)OC(=O)N1CCC(Nc2c(F)cccc2NN=C(C#N)C#N)CC1. The van der Waals surface area contributed by atoms with Crippen LogP contribution in [0.1, 0.15) is 33.6 Å². The van der Waals surface area contributed by atoms with Crippen molar-refractivity contribution in [2.45, 2.75) is 45.3 Å².